The van der Waals surface area contributed by atoms with Crippen molar-refractivity contribution in [3.63, 3.8) is 0 Å². The molecule has 1 aliphatic rings. The molecule has 140 valence electrons. The van der Waals surface area contributed by atoms with E-state index in [1.165, 1.54) is 5.56 Å². The molecule has 1 aliphatic heterocycles. The number of hydrogen-bond acceptors (Lipinski definition) is 3. The first-order valence-electron chi connectivity index (χ1n) is 8.76. The summed E-state index contributed by atoms with van der Waals surface area (Å²) in [5.74, 6) is 0.236. The number of amides is 2. The normalized spacial score (nSPS) is 20.9. The minimum Gasteiger partial charge on any atom is -0.346 e. The summed E-state index contributed by atoms with van der Waals surface area (Å²) in [4.78, 5) is 26.2. The van der Waals surface area contributed by atoms with E-state index in [9.17, 15) is 9.59 Å². The van der Waals surface area contributed by atoms with Gasteiger partial charge in [0.05, 0.1) is 12.6 Å². The maximum absolute atomic E-state index is 12.4. The Kier molecular flexibility index (Phi) is 8.39. The third-order valence-corrected chi connectivity index (χ3v) is 5.01. The van der Waals surface area contributed by atoms with Crippen LogP contribution < -0.4 is 11.1 Å². The van der Waals surface area contributed by atoms with Crippen molar-refractivity contribution in [2.45, 2.75) is 45.7 Å². The molecule has 1 fully saturated rings. The molecule has 3 atom stereocenters. The van der Waals surface area contributed by atoms with Gasteiger partial charge in [-0.05, 0) is 37.2 Å². The molecule has 2 amide bonds. The maximum atomic E-state index is 12.4. The summed E-state index contributed by atoms with van der Waals surface area (Å²) in [6.45, 7) is 6.66. The lowest BCUT2D eigenvalue weighted by Crippen LogP contribution is -2.48. The van der Waals surface area contributed by atoms with E-state index in [2.05, 4.69) is 24.4 Å². The van der Waals surface area contributed by atoms with Crippen LogP contribution in [-0.4, -0.2) is 41.9 Å². The predicted molar refractivity (Wildman–Crippen MR) is 102 cm³/mol. The number of carbonyl (C=O) groups is 2. The Morgan fingerprint density at radius 3 is 2.52 bits per heavy atom. The van der Waals surface area contributed by atoms with E-state index >= 15 is 0 Å². The number of carbonyl (C=O) groups excluding carboxylic acids is 2. The second-order valence-corrected chi connectivity index (χ2v) is 7.05. The first-order valence-corrected chi connectivity index (χ1v) is 8.76. The zero-order chi connectivity index (χ0) is 17.7. The highest BCUT2D eigenvalue weighted by Gasteiger charge is 2.33. The Balaban J connectivity index is 0.00000312. The Labute approximate surface area is 156 Å². The van der Waals surface area contributed by atoms with Gasteiger partial charge in [0.2, 0.25) is 11.8 Å². The van der Waals surface area contributed by atoms with Gasteiger partial charge in [0, 0.05) is 12.6 Å². The van der Waals surface area contributed by atoms with Gasteiger partial charge < -0.3 is 16.0 Å². The maximum Gasteiger partial charge on any atom is 0.242 e. The standard InChI is InChI=1S/C19H29N3O2.ClH/c1-13(2)18(20)19(24)21-12-17(23)22-10-9-16(14(22)3)11-15-7-5-4-6-8-15;/h4-8,13-14,16,18H,9-12,20H2,1-3H3,(H,21,24);1H/t14?,16?,18-;/m0./s1. The lowest BCUT2D eigenvalue weighted by molar-refractivity contribution is -0.134. The molecule has 25 heavy (non-hydrogen) atoms. The van der Waals surface area contributed by atoms with Crippen LogP contribution in [0.3, 0.4) is 0 Å². The lowest BCUT2D eigenvalue weighted by atomic mass is 9.93. The molecule has 1 aromatic rings. The number of benzene rings is 1. The summed E-state index contributed by atoms with van der Waals surface area (Å²) in [5, 5.41) is 2.67. The quantitative estimate of drug-likeness (QED) is 0.807. The molecule has 1 heterocycles. The summed E-state index contributed by atoms with van der Waals surface area (Å²) in [5.41, 5.74) is 7.10. The molecule has 1 saturated heterocycles. The molecule has 0 bridgehead atoms. The van der Waals surface area contributed by atoms with Crippen LogP contribution >= 0.6 is 12.4 Å². The fourth-order valence-electron chi connectivity index (χ4n) is 3.23. The summed E-state index contributed by atoms with van der Waals surface area (Å²) in [6, 6.07) is 9.99. The summed E-state index contributed by atoms with van der Waals surface area (Å²) < 4.78 is 0. The summed E-state index contributed by atoms with van der Waals surface area (Å²) in [7, 11) is 0. The van der Waals surface area contributed by atoms with E-state index in [1.807, 2.05) is 36.9 Å². The van der Waals surface area contributed by atoms with Crippen molar-refractivity contribution in [3.8, 4) is 0 Å². The monoisotopic (exact) mass is 367 g/mol. The number of hydrogen-bond donors (Lipinski definition) is 2. The fourth-order valence-corrected chi connectivity index (χ4v) is 3.23. The van der Waals surface area contributed by atoms with Gasteiger partial charge in [0.15, 0.2) is 0 Å². The largest absolute Gasteiger partial charge is 0.346 e. The van der Waals surface area contributed by atoms with Crippen LogP contribution in [0.5, 0.6) is 0 Å². The first kappa shape index (κ1) is 21.5. The van der Waals surface area contributed by atoms with E-state index in [4.69, 9.17) is 5.73 Å². The van der Waals surface area contributed by atoms with Crippen LogP contribution in [0, 0.1) is 11.8 Å². The Morgan fingerprint density at radius 1 is 1.28 bits per heavy atom. The topological polar surface area (TPSA) is 75.4 Å². The summed E-state index contributed by atoms with van der Waals surface area (Å²) >= 11 is 0. The van der Waals surface area contributed by atoms with Gasteiger partial charge in [0.1, 0.15) is 0 Å². The zero-order valence-electron chi connectivity index (χ0n) is 15.3. The van der Waals surface area contributed by atoms with Gasteiger partial charge in [-0.25, -0.2) is 0 Å². The van der Waals surface area contributed by atoms with Crippen LogP contribution in [0.15, 0.2) is 30.3 Å². The van der Waals surface area contributed by atoms with E-state index in [0.717, 1.165) is 19.4 Å². The van der Waals surface area contributed by atoms with Gasteiger partial charge in [-0.3, -0.25) is 9.59 Å². The fraction of sp³-hybridized carbons (Fsp3) is 0.579. The highest BCUT2D eigenvalue weighted by atomic mass is 35.5. The molecule has 6 heteroatoms. The predicted octanol–water partition coefficient (Wildman–Crippen LogP) is 1.99. The molecule has 0 aromatic heterocycles. The smallest absolute Gasteiger partial charge is 0.242 e. The Bertz CT molecular complexity index is 565. The van der Waals surface area contributed by atoms with Gasteiger partial charge in [-0.2, -0.15) is 0 Å². The zero-order valence-corrected chi connectivity index (χ0v) is 16.1. The molecule has 0 radical (unpaired) electrons. The van der Waals surface area contributed by atoms with Gasteiger partial charge in [0.25, 0.3) is 0 Å². The van der Waals surface area contributed by atoms with Crippen molar-refractivity contribution in [2.75, 3.05) is 13.1 Å². The molecular weight excluding hydrogens is 338 g/mol. The number of nitrogens with two attached hydrogens (primary N) is 1. The number of nitrogens with zero attached hydrogens (tertiary/aromatic N) is 1. The third kappa shape index (κ3) is 5.72. The molecule has 0 saturated carbocycles. The lowest BCUT2D eigenvalue weighted by Gasteiger charge is -2.25. The van der Waals surface area contributed by atoms with Crippen molar-refractivity contribution < 1.29 is 9.59 Å². The molecule has 5 nitrogen and oxygen atoms in total. The van der Waals surface area contributed by atoms with Crippen molar-refractivity contribution in [1.82, 2.24) is 10.2 Å². The van der Waals surface area contributed by atoms with Gasteiger partial charge in [-0.1, -0.05) is 44.2 Å². The number of nitrogens with one attached hydrogen (secondary N) is 1. The second kappa shape index (κ2) is 9.78. The number of halogens is 1. The van der Waals surface area contributed by atoms with Crippen LogP contribution in [0.1, 0.15) is 32.8 Å². The van der Waals surface area contributed by atoms with Crippen molar-refractivity contribution in [3.05, 3.63) is 35.9 Å². The average Bonchev–Trinajstić information content (AvgIpc) is 2.93. The molecule has 1 aromatic carbocycles. The van der Waals surface area contributed by atoms with Crippen molar-refractivity contribution >= 4 is 24.2 Å². The summed E-state index contributed by atoms with van der Waals surface area (Å²) in [6.07, 6.45) is 1.98. The van der Waals surface area contributed by atoms with Crippen LogP contribution in [0.4, 0.5) is 0 Å². The molecule has 0 aliphatic carbocycles. The second-order valence-electron chi connectivity index (χ2n) is 7.05. The Hall–Kier alpha value is -1.59. The molecule has 2 rings (SSSR count). The Morgan fingerprint density at radius 2 is 1.92 bits per heavy atom. The number of likely N-dealkylation sites (tertiary alicyclic amines) is 1. The first-order chi connectivity index (χ1) is 11.4. The highest BCUT2D eigenvalue weighted by molar-refractivity contribution is 5.87. The van der Waals surface area contributed by atoms with Crippen LogP contribution in [-0.2, 0) is 16.0 Å². The molecule has 0 spiro atoms. The molecular formula is C19H30ClN3O2. The average molecular weight is 368 g/mol. The SMILES string of the molecule is CC(C)[C@H](N)C(=O)NCC(=O)N1CCC(Cc2ccccc2)C1C.Cl. The van der Waals surface area contributed by atoms with E-state index in [1.54, 1.807) is 0 Å². The third-order valence-electron chi connectivity index (χ3n) is 5.01. The van der Waals surface area contributed by atoms with Gasteiger partial charge in [-0.15, -0.1) is 12.4 Å². The van der Waals surface area contributed by atoms with Crippen molar-refractivity contribution in [1.29, 1.82) is 0 Å². The minimum atomic E-state index is -0.570. The highest BCUT2D eigenvalue weighted by Crippen LogP contribution is 2.27. The molecule has 3 N–H and O–H groups in total. The van der Waals surface area contributed by atoms with E-state index in [-0.39, 0.29) is 42.7 Å². The van der Waals surface area contributed by atoms with E-state index < -0.39 is 6.04 Å². The number of rotatable bonds is 6. The minimum absolute atomic E-state index is 0. The van der Waals surface area contributed by atoms with Crippen LogP contribution in [0.2, 0.25) is 0 Å². The van der Waals surface area contributed by atoms with E-state index in [0.29, 0.717) is 5.92 Å². The van der Waals surface area contributed by atoms with Gasteiger partial charge >= 0.3 is 0 Å². The van der Waals surface area contributed by atoms with Crippen LogP contribution in [0.25, 0.3) is 0 Å². The molecule has 2 unspecified atom stereocenters. The van der Waals surface area contributed by atoms with Crippen molar-refractivity contribution in [2.24, 2.45) is 17.6 Å².